The van der Waals surface area contributed by atoms with Crippen LogP contribution in [0.4, 0.5) is 0 Å². The van der Waals surface area contributed by atoms with Crippen LogP contribution in [0.2, 0.25) is 0 Å². The SMILES string of the molecule is CCc1cc2ncnn2cc1C1CCN(S(=O)(=O)c2cnc3n2CCCC3)CC1. The fraction of sp³-hybridized carbons (Fsp3) is 0.550. The molecule has 0 atom stereocenters. The van der Waals surface area contributed by atoms with Gasteiger partial charge in [0.25, 0.3) is 10.0 Å². The third-order valence-corrected chi connectivity index (χ3v) is 8.25. The van der Waals surface area contributed by atoms with E-state index in [4.69, 9.17) is 0 Å². The summed E-state index contributed by atoms with van der Waals surface area (Å²) in [5, 5.41) is 4.63. The van der Waals surface area contributed by atoms with Crippen molar-refractivity contribution in [2.45, 2.75) is 62.9 Å². The molecule has 0 radical (unpaired) electrons. The van der Waals surface area contributed by atoms with E-state index in [0.717, 1.165) is 56.5 Å². The summed E-state index contributed by atoms with van der Waals surface area (Å²) in [7, 11) is -3.50. The van der Waals surface area contributed by atoms with Crippen molar-refractivity contribution in [2.24, 2.45) is 0 Å². The summed E-state index contributed by atoms with van der Waals surface area (Å²) in [6.07, 6.45) is 10.7. The number of hydrogen-bond acceptors (Lipinski definition) is 5. The van der Waals surface area contributed by atoms with Gasteiger partial charge in [0.1, 0.15) is 12.2 Å². The summed E-state index contributed by atoms with van der Waals surface area (Å²) in [6.45, 7) is 3.96. The summed E-state index contributed by atoms with van der Waals surface area (Å²) < 4.78 is 31.9. The molecule has 9 heteroatoms. The highest BCUT2D eigenvalue weighted by molar-refractivity contribution is 7.89. The van der Waals surface area contributed by atoms with E-state index in [1.165, 1.54) is 11.1 Å². The second-order valence-electron chi connectivity index (χ2n) is 7.97. The second-order valence-corrected chi connectivity index (χ2v) is 9.85. The number of fused-ring (bicyclic) bond motifs is 2. The van der Waals surface area contributed by atoms with E-state index in [1.807, 2.05) is 9.08 Å². The summed E-state index contributed by atoms with van der Waals surface area (Å²) in [5.41, 5.74) is 3.40. The molecule has 29 heavy (non-hydrogen) atoms. The zero-order valence-corrected chi connectivity index (χ0v) is 17.5. The normalized spacial score (nSPS) is 18.9. The molecule has 3 aromatic heterocycles. The van der Waals surface area contributed by atoms with E-state index in [1.54, 1.807) is 16.8 Å². The lowest BCUT2D eigenvalue weighted by molar-refractivity contribution is 0.315. The Morgan fingerprint density at radius 1 is 1.14 bits per heavy atom. The predicted molar refractivity (Wildman–Crippen MR) is 108 cm³/mol. The van der Waals surface area contributed by atoms with Gasteiger partial charge < -0.3 is 4.57 Å². The molecule has 3 aromatic rings. The van der Waals surface area contributed by atoms with Crippen molar-refractivity contribution in [1.29, 1.82) is 0 Å². The summed E-state index contributed by atoms with van der Waals surface area (Å²) in [4.78, 5) is 8.65. The van der Waals surface area contributed by atoms with Crippen molar-refractivity contribution in [3.63, 3.8) is 0 Å². The Labute approximate surface area is 170 Å². The first-order valence-corrected chi connectivity index (χ1v) is 11.9. The van der Waals surface area contributed by atoms with Crippen LogP contribution < -0.4 is 0 Å². The highest BCUT2D eigenvalue weighted by atomic mass is 32.2. The first-order valence-electron chi connectivity index (χ1n) is 10.4. The molecule has 0 aliphatic carbocycles. The van der Waals surface area contributed by atoms with E-state index in [2.05, 4.69) is 34.3 Å². The lowest BCUT2D eigenvalue weighted by Crippen LogP contribution is -2.39. The van der Waals surface area contributed by atoms with Crippen molar-refractivity contribution in [1.82, 2.24) is 28.5 Å². The standard InChI is InChI=1S/C20H26N6O2S/c1-2-15-11-19-22-14-23-26(19)13-17(15)16-6-9-24(10-7-16)29(27,28)20-12-21-18-5-3-4-8-25(18)20/h11-14,16H,2-10H2,1H3. The molecule has 0 amide bonds. The number of nitrogens with zero attached hydrogens (tertiary/aromatic N) is 6. The highest BCUT2D eigenvalue weighted by Crippen LogP contribution is 2.33. The van der Waals surface area contributed by atoms with Crippen LogP contribution in [0.25, 0.3) is 5.65 Å². The number of aromatic nitrogens is 5. The molecule has 2 aliphatic heterocycles. The van der Waals surface area contributed by atoms with Gasteiger partial charge in [-0.3, -0.25) is 0 Å². The lowest BCUT2D eigenvalue weighted by Gasteiger charge is -2.32. The molecule has 5 rings (SSSR count). The zero-order valence-electron chi connectivity index (χ0n) is 16.7. The maximum absolute atomic E-state index is 13.3. The highest BCUT2D eigenvalue weighted by Gasteiger charge is 2.34. The van der Waals surface area contributed by atoms with Gasteiger partial charge in [-0.15, -0.1) is 0 Å². The fourth-order valence-electron chi connectivity index (χ4n) is 4.72. The van der Waals surface area contributed by atoms with Gasteiger partial charge in [-0.05, 0) is 55.2 Å². The summed E-state index contributed by atoms with van der Waals surface area (Å²) in [5.74, 6) is 1.24. The van der Waals surface area contributed by atoms with E-state index in [0.29, 0.717) is 24.0 Å². The zero-order chi connectivity index (χ0) is 20.0. The Morgan fingerprint density at radius 2 is 1.97 bits per heavy atom. The summed E-state index contributed by atoms with van der Waals surface area (Å²) in [6, 6.07) is 2.10. The number of hydrogen-bond donors (Lipinski definition) is 0. The maximum Gasteiger partial charge on any atom is 0.260 e. The monoisotopic (exact) mass is 414 g/mol. The van der Waals surface area contributed by atoms with Gasteiger partial charge >= 0.3 is 0 Å². The number of aryl methyl sites for hydroxylation is 2. The first kappa shape index (κ1) is 18.7. The van der Waals surface area contributed by atoms with Crippen molar-refractivity contribution in [3.05, 3.63) is 41.7 Å². The van der Waals surface area contributed by atoms with E-state index in [9.17, 15) is 8.42 Å². The largest absolute Gasteiger partial charge is 0.318 e. The molecule has 0 spiro atoms. The molecule has 0 saturated carbocycles. The lowest BCUT2D eigenvalue weighted by atomic mass is 9.87. The number of rotatable bonds is 4. The van der Waals surface area contributed by atoms with Crippen LogP contribution in [0.1, 0.15) is 55.5 Å². The van der Waals surface area contributed by atoms with Crippen LogP contribution in [0.5, 0.6) is 0 Å². The number of imidazole rings is 1. The molecule has 0 N–H and O–H groups in total. The number of piperidine rings is 1. The smallest absolute Gasteiger partial charge is 0.260 e. The third-order valence-electron chi connectivity index (χ3n) is 6.35. The van der Waals surface area contributed by atoms with E-state index < -0.39 is 10.0 Å². The Hall–Kier alpha value is -2.26. The van der Waals surface area contributed by atoms with E-state index in [-0.39, 0.29) is 0 Å². The molecular weight excluding hydrogens is 388 g/mol. The average Bonchev–Trinajstić information content (AvgIpc) is 3.39. The molecule has 8 nitrogen and oxygen atoms in total. The molecule has 0 aromatic carbocycles. The van der Waals surface area contributed by atoms with Gasteiger partial charge in [-0.1, -0.05) is 6.92 Å². The van der Waals surface area contributed by atoms with Crippen LogP contribution in [0, 0.1) is 0 Å². The fourth-order valence-corrected chi connectivity index (χ4v) is 6.34. The molecule has 0 unspecified atom stereocenters. The Balaban J connectivity index is 1.37. The van der Waals surface area contributed by atoms with Crippen LogP contribution in [-0.2, 0) is 29.4 Å². The Morgan fingerprint density at radius 3 is 2.76 bits per heavy atom. The van der Waals surface area contributed by atoms with Crippen LogP contribution in [0.15, 0.2) is 29.8 Å². The predicted octanol–water partition coefficient (Wildman–Crippen LogP) is 2.39. The minimum atomic E-state index is -3.50. The van der Waals surface area contributed by atoms with Gasteiger partial charge in [-0.2, -0.15) is 9.40 Å². The van der Waals surface area contributed by atoms with Gasteiger partial charge in [0.05, 0.1) is 6.20 Å². The molecule has 154 valence electrons. The van der Waals surface area contributed by atoms with Crippen molar-refractivity contribution in [2.75, 3.05) is 13.1 Å². The van der Waals surface area contributed by atoms with Crippen LogP contribution >= 0.6 is 0 Å². The molecule has 2 aliphatic rings. The molecule has 1 fully saturated rings. The van der Waals surface area contributed by atoms with Gasteiger partial charge in [0, 0.05) is 32.3 Å². The average molecular weight is 415 g/mol. The molecule has 1 saturated heterocycles. The Kier molecular flexibility index (Phi) is 4.66. The minimum absolute atomic E-state index is 0.337. The topological polar surface area (TPSA) is 85.4 Å². The van der Waals surface area contributed by atoms with E-state index >= 15 is 0 Å². The number of pyridine rings is 1. The van der Waals surface area contributed by atoms with Crippen molar-refractivity contribution >= 4 is 15.7 Å². The first-order chi connectivity index (χ1) is 14.1. The minimum Gasteiger partial charge on any atom is -0.318 e. The van der Waals surface area contributed by atoms with Gasteiger partial charge in [0.2, 0.25) is 0 Å². The van der Waals surface area contributed by atoms with Crippen molar-refractivity contribution < 1.29 is 8.42 Å². The molecule has 5 heterocycles. The second kappa shape index (κ2) is 7.21. The molecular formula is C20H26N6O2S. The number of sulfonamides is 1. The third kappa shape index (κ3) is 3.16. The molecule has 0 bridgehead atoms. The quantitative estimate of drug-likeness (QED) is 0.654. The van der Waals surface area contributed by atoms with Crippen LogP contribution in [-0.4, -0.2) is 50.0 Å². The van der Waals surface area contributed by atoms with Gasteiger partial charge in [0.15, 0.2) is 10.7 Å². The maximum atomic E-state index is 13.3. The van der Waals surface area contributed by atoms with Crippen LogP contribution in [0.3, 0.4) is 0 Å². The van der Waals surface area contributed by atoms with Crippen molar-refractivity contribution in [3.8, 4) is 0 Å². The van der Waals surface area contributed by atoms with Gasteiger partial charge in [-0.25, -0.2) is 22.9 Å². The summed E-state index contributed by atoms with van der Waals surface area (Å²) >= 11 is 0. The Bertz CT molecular complexity index is 1140.